The highest BCUT2D eigenvalue weighted by atomic mass is 16.3. The van der Waals surface area contributed by atoms with Gasteiger partial charge in [0.2, 0.25) is 0 Å². The zero-order valence-electron chi connectivity index (χ0n) is 14.7. The second kappa shape index (κ2) is 5.53. The number of aryl methyl sites for hydroxylation is 1. The Balaban J connectivity index is 1.70. The Labute approximate surface area is 147 Å². The highest BCUT2D eigenvalue weighted by molar-refractivity contribution is 5.92. The van der Waals surface area contributed by atoms with Gasteiger partial charge in [0, 0.05) is 11.5 Å². The van der Waals surface area contributed by atoms with E-state index < -0.39 is 17.8 Å². The Morgan fingerprint density at radius 3 is 2.72 bits per heavy atom. The summed E-state index contributed by atoms with van der Waals surface area (Å²) in [5.41, 5.74) is -0.0317. The smallest absolute Gasteiger partial charge is 0.172 e. The van der Waals surface area contributed by atoms with E-state index in [1.165, 1.54) is 6.26 Å². The lowest BCUT2D eigenvalue weighted by atomic mass is 9.51. The molecule has 2 fully saturated rings. The van der Waals surface area contributed by atoms with Gasteiger partial charge in [0.05, 0.1) is 18.5 Å². The van der Waals surface area contributed by atoms with Crippen molar-refractivity contribution in [3.05, 3.63) is 35.3 Å². The average molecular weight is 346 g/mol. The number of aliphatic hydroxyl groups is 3. The molecule has 0 unspecified atom stereocenters. The molecule has 25 heavy (non-hydrogen) atoms. The minimum atomic E-state index is -1.48. The summed E-state index contributed by atoms with van der Waals surface area (Å²) in [5.74, 6) is 0.285. The molecule has 0 radical (unpaired) electrons. The van der Waals surface area contributed by atoms with Crippen molar-refractivity contribution in [1.29, 1.82) is 0 Å². The second-order valence-electron chi connectivity index (χ2n) is 8.29. The minimum absolute atomic E-state index is 0.0923. The molecule has 2 saturated carbocycles. The zero-order chi connectivity index (χ0) is 18.0. The lowest BCUT2D eigenvalue weighted by Crippen LogP contribution is -2.55. The molecular weight excluding hydrogens is 320 g/mol. The van der Waals surface area contributed by atoms with Gasteiger partial charge >= 0.3 is 0 Å². The first-order chi connectivity index (χ1) is 11.8. The molecule has 0 aliphatic heterocycles. The molecule has 1 aromatic rings. The van der Waals surface area contributed by atoms with Crippen LogP contribution in [0.4, 0.5) is 0 Å². The first kappa shape index (κ1) is 17.0. The normalized spacial score (nSPS) is 44.0. The number of Topliss-reactive ketones (excluding diaryl/α,β-unsaturated/α-hetero) is 1. The predicted octanol–water partition coefficient (Wildman–Crippen LogP) is 2.22. The average Bonchev–Trinajstić information content (AvgIpc) is 2.99. The summed E-state index contributed by atoms with van der Waals surface area (Å²) in [6.45, 7) is 3.87. The highest BCUT2D eigenvalue weighted by Gasteiger charge is 2.57. The number of carbonyl (C=O) groups is 1. The Bertz CT molecular complexity index is 734. The van der Waals surface area contributed by atoms with Gasteiger partial charge in [0.25, 0.3) is 0 Å². The van der Waals surface area contributed by atoms with Crippen molar-refractivity contribution in [2.24, 2.45) is 17.3 Å². The molecule has 0 aromatic carbocycles. The quantitative estimate of drug-likeness (QED) is 0.678. The van der Waals surface area contributed by atoms with Crippen LogP contribution in [0.2, 0.25) is 0 Å². The lowest BCUT2D eigenvalue weighted by molar-refractivity contribution is -0.157. The van der Waals surface area contributed by atoms with Gasteiger partial charge in [-0.3, -0.25) is 4.79 Å². The largest absolute Gasteiger partial charge is 0.469 e. The van der Waals surface area contributed by atoms with Crippen molar-refractivity contribution in [1.82, 2.24) is 0 Å². The molecule has 6 atom stereocenters. The molecule has 1 heterocycles. The van der Waals surface area contributed by atoms with E-state index in [9.17, 15) is 20.1 Å². The van der Waals surface area contributed by atoms with E-state index in [2.05, 4.69) is 13.0 Å². The second-order valence-corrected chi connectivity index (χ2v) is 8.29. The standard InChI is InChI=1S/C20H26O5/c1-11-14(6-8-25-11)20(24)7-5-15-13(18(20)23)4-3-12-9-16(21)17(22)10-19(12,15)2/h3,6,8,13,15-17,21-22,24H,4-5,7,9-10H2,1-2H3/t13-,15+,16-,17-,19+,20+/m1/s1. The monoisotopic (exact) mass is 346 g/mol. The van der Waals surface area contributed by atoms with Gasteiger partial charge in [-0.25, -0.2) is 0 Å². The Morgan fingerprint density at radius 2 is 2.04 bits per heavy atom. The summed E-state index contributed by atoms with van der Waals surface area (Å²) >= 11 is 0. The Hall–Kier alpha value is -1.43. The third-order valence-corrected chi connectivity index (χ3v) is 7.03. The maximum absolute atomic E-state index is 13.3. The van der Waals surface area contributed by atoms with Gasteiger partial charge in [-0.05, 0) is 56.4 Å². The number of furan rings is 1. The number of fused-ring (bicyclic) bond motifs is 3. The molecule has 3 aliphatic carbocycles. The maximum atomic E-state index is 13.3. The van der Waals surface area contributed by atoms with Crippen LogP contribution in [0.1, 0.15) is 50.4 Å². The number of hydrogen-bond acceptors (Lipinski definition) is 5. The van der Waals surface area contributed by atoms with E-state index in [1.807, 2.05) is 0 Å². The minimum Gasteiger partial charge on any atom is -0.469 e. The van der Waals surface area contributed by atoms with Crippen molar-refractivity contribution < 1.29 is 24.5 Å². The third-order valence-electron chi connectivity index (χ3n) is 7.03. The number of aliphatic hydroxyl groups excluding tert-OH is 2. The maximum Gasteiger partial charge on any atom is 0.172 e. The van der Waals surface area contributed by atoms with E-state index in [1.54, 1.807) is 13.0 Å². The molecule has 4 rings (SSSR count). The third kappa shape index (κ3) is 2.29. The van der Waals surface area contributed by atoms with Crippen molar-refractivity contribution in [3.63, 3.8) is 0 Å². The Morgan fingerprint density at radius 1 is 1.28 bits per heavy atom. The Kier molecular flexibility index (Phi) is 3.76. The summed E-state index contributed by atoms with van der Waals surface area (Å²) in [5, 5.41) is 31.4. The molecule has 5 nitrogen and oxygen atoms in total. The van der Waals surface area contributed by atoms with Gasteiger partial charge in [0.1, 0.15) is 5.76 Å². The SMILES string of the molecule is Cc1occc1[C@@]1(O)CC[C@H]2[C@@H](CC=C3C[C@@H](O)[C@H](O)C[C@@]32C)C1=O. The zero-order valence-corrected chi connectivity index (χ0v) is 14.7. The molecule has 0 amide bonds. The van der Waals surface area contributed by atoms with Crippen molar-refractivity contribution in [3.8, 4) is 0 Å². The van der Waals surface area contributed by atoms with Crippen molar-refractivity contribution in [2.45, 2.75) is 63.8 Å². The van der Waals surface area contributed by atoms with Crippen LogP contribution in [0.3, 0.4) is 0 Å². The van der Waals surface area contributed by atoms with Crippen LogP contribution >= 0.6 is 0 Å². The fourth-order valence-electron chi connectivity index (χ4n) is 5.56. The van der Waals surface area contributed by atoms with E-state index in [0.717, 1.165) is 5.57 Å². The van der Waals surface area contributed by atoms with Crippen molar-refractivity contribution >= 4 is 5.78 Å². The van der Waals surface area contributed by atoms with Crippen LogP contribution in [0.5, 0.6) is 0 Å². The molecule has 0 bridgehead atoms. The van der Waals surface area contributed by atoms with Crippen LogP contribution in [-0.2, 0) is 10.4 Å². The molecular formula is C20H26O5. The van der Waals surface area contributed by atoms with Gasteiger partial charge in [-0.2, -0.15) is 0 Å². The predicted molar refractivity (Wildman–Crippen MR) is 90.6 cm³/mol. The molecule has 1 aromatic heterocycles. The number of ketones is 1. The van der Waals surface area contributed by atoms with E-state index in [4.69, 9.17) is 4.42 Å². The summed E-state index contributed by atoms with van der Waals surface area (Å²) in [6.07, 6.45) is 4.72. The van der Waals surface area contributed by atoms with Crippen LogP contribution in [0, 0.1) is 24.2 Å². The van der Waals surface area contributed by atoms with E-state index in [-0.39, 0.29) is 23.0 Å². The summed E-state index contributed by atoms with van der Waals surface area (Å²) in [7, 11) is 0. The fraction of sp³-hybridized carbons (Fsp3) is 0.650. The van der Waals surface area contributed by atoms with Crippen LogP contribution in [0.25, 0.3) is 0 Å². The van der Waals surface area contributed by atoms with Crippen LogP contribution in [0.15, 0.2) is 28.4 Å². The topological polar surface area (TPSA) is 90.9 Å². The molecule has 0 saturated heterocycles. The molecule has 3 aliphatic rings. The van der Waals surface area contributed by atoms with Gasteiger partial charge in [-0.1, -0.05) is 18.6 Å². The van der Waals surface area contributed by atoms with Crippen LogP contribution in [-0.4, -0.2) is 33.3 Å². The van der Waals surface area contributed by atoms with Gasteiger partial charge in [-0.15, -0.1) is 0 Å². The van der Waals surface area contributed by atoms with E-state index >= 15 is 0 Å². The van der Waals surface area contributed by atoms with Crippen LogP contribution < -0.4 is 0 Å². The van der Waals surface area contributed by atoms with Crippen molar-refractivity contribution in [2.75, 3.05) is 0 Å². The first-order valence-corrected chi connectivity index (χ1v) is 9.14. The number of carbonyl (C=O) groups excluding carboxylic acids is 1. The lowest BCUT2D eigenvalue weighted by Gasteiger charge is -2.54. The molecule has 136 valence electrons. The number of hydrogen-bond donors (Lipinski definition) is 3. The molecule has 5 heteroatoms. The van der Waals surface area contributed by atoms with Gasteiger partial charge < -0.3 is 19.7 Å². The fourth-order valence-corrected chi connectivity index (χ4v) is 5.56. The summed E-state index contributed by atoms with van der Waals surface area (Å²) in [4.78, 5) is 13.3. The first-order valence-electron chi connectivity index (χ1n) is 9.14. The summed E-state index contributed by atoms with van der Waals surface area (Å²) in [6, 6.07) is 1.69. The highest BCUT2D eigenvalue weighted by Crippen LogP contribution is 2.58. The number of rotatable bonds is 1. The van der Waals surface area contributed by atoms with Gasteiger partial charge in [0.15, 0.2) is 11.4 Å². The van der Waals surface area contributed by atoms with E-state index in [0.29, 0.717) is 43.4 Å². The number of allylic oxidation sites excluding steroid dienone is 1. The summed E-state index contributed by atoms with van der Waals surface area (Å²) < 4.78 is 5.31. The molecule has 0 spiro atoms. The molecule has 3 N–H and O–H groups in total.